The topological polar surface area (TPSA) is 40.5 Å². The van der Waals surface area contributed by atoms with E-state index in [-0.39, 0.29) is 41.4 Å². The van der Waals surface area contributed by atoms with Crippen LogP contribution in [0.3, 0.4) is 0 Å². The van der Waals surface area contributed by atoms with Crippen LogP contribution in [0, 0.1) is 11.7 Å². The zero-order valence-electron chi connectivity index (χ0n) is 15.9. The number of carbonyl (C=O) groups excluding carboxylic acids is 1. The second kappa shape index (κ2) is 9.06. The molecule has 1 aliphatic rings. The second-order valence-corrected chi connectivity index (χ2v) is 8.03. The number of hydrogen-bond acceptors (Lipinski definition) is 2. The Morgan fingerprint density at radius 3 is 2.38 bits per heavy atom. The lowest BCUT2D eigenvalue weighted by molar-refractivity contribution is -0.267. The minimum Gasteiger partial charge on any atom is -0.380 e. The van der Waals surface area contributed by atoms with Crippen LogP contribution in [0.15, 0.2) is 46.1 Å². The first-order valence-electron chi connectivity index (χ1n) is 8.91. The number of aliphatic hydroxyl groups is 1. The summed E-state index contributed by atoms with van der Waals surface area (Å²) in [5.74, 6) is -2.15. The standard InChI is InChI=1S/C20H21Cl2F4NO2/c1-19(29,20(24,25)26)13-4-3-5-15(21)18(16(22)11-13)27(2)17(28)10-12-6-8-14(23)9-7-12/h6-9,11,13,29H,3-5,10H2,1-2H3. The maximum absolute atomic E-state index is 13.3. The van der Waals surface area contributed by atoms with Gasteiger partial charge in [-0.3, -0.25) is 4.79 Å². The fourth-order valence-electron chi connectivity index (χ4n) is 3.08. The summed E-state index contributed by atoms with van der Waals surface area (Å²) in [7, 11) is 1.41. The molecule has 1 aromatic carbocycles. The van der Waals surface area contributed by atoms with Crippen molar-refractivity contribution >= 4 is 29.1 Å². The molecule has 1 aromatic rings. The summed E-state index contributed by atoms with van der Waals surface area (Å²) in [6.45, 7) is 0.703. The Morgan fingerprint density at radius 1 is 1.24 bits per heavy atom. The van der Waals surface area contributed by atoms with Crippen LogP contribution in [0.4, 0.5) is 17.6 Å². The Kier molecular flexibility index (Phi) is 7.41. The van der Waals surface area contributed by atoms with E-state index in [0.29, 0.717) is 12.5 Å². The number of benzene rings is 1. The van der Waals surface area contributed by atoms with Gasteiger partial charge in [-0.1, -0.05) is 41.4 Å². The molecule has 0 heterocycles. The summed E-state index contributed by atoms with van der Waals surface area (Å²) < 4.78 is 52.8. The number of amides is 1. The van der Waals surface area contributed by atoms with Crippen LogP contribution in [0.25, 0.3) is 0 Å². The number of nitrogens with zero attached hydrogens (tertiary/aromatic N) is 1. The predicted molar refractivity (Wildman–Crippen MR) is 104 cm³/mol. The van der Waals surface area contributed by atoms with E-state index in [2.05, 4.69) is 0 Å². The lowest BCUT2D eigenvalue weighted by Crippen LogP contribution is -2.48. The number of rotatable bonds is 4. The summed E-state index contributed by atoms with van der Waals surface area (Å²) >= 11 is 12.6. The Hall–Kier alpha value is -1.57. The SMILES string of the molecule is CN(C(=O)Cc1ccc(F)cc1)C1=C(Cl)CCCC(C(C)(O)C(F)(F)F)C=C1Cl. The minimum atomic E-state index is -4.84. The Bertz CT molecular complexity index is 817. The zero-order valence-corrected chi connectivity index (χ0v) is 17.4. The van der Waals surface area contributed by atoms with Crippen molar-refractivity contribution in [3.63, 3.8) is 0 Å². The van der Waals surface area contributed by atoms with Crippen molar-refractivity contribution in [1.29, 1.82) is 0 Å². The number of allylic oxidation sites excluding steroid dienone is 2. The van der Waals surface area contributed by atoms with Gasteiger partial charge in [0.1, 0.15) is 5.82 Å². The third kappa shape index (κ3) is 5.53. The smallest absolute Gasteiger partial charge is 0.380 e. The highest BCUT2D eigenvalue weighted by atomic mass is 35.5. The van der Waals surface area contributed by atoms with E-state index in [9.17, 15) is 27.5 Å². The van der Waals surface area contributed by atoms with Crippen molar-refractivity contribution < 1.29 is 27.5 Å². The summed E-state index contributed by atoms with van der Waals surface area (Å²) in [5, 5.41) is 10.1. The van der Waals surface area contributed by atoms with Crippen LogP contribution >= 0.6 is 23.2 Å². The van der Waals surface area contributed by atoms with E-state index in [0.717, 1.165) is 6.08 Å². The molecule has 0 fully saturated rings. The van der Waals surface area contributed by atoms with Crippen LogP contribution < -0.4 is 0 Å². The molecule has 0 saturated carbocycles. The number of likely N-dealkylation sites (N-methyl/N-ethyl adjacent to an activating group) is 1. The highest BCUT2D eigenvalue weighted by molar-refractivity contribution is 6.35. The number of hydrogen-bond donors (Lipinski definition) is 1. The molecule has 0 aromatic heterocycles. The number of carbonyl (C=O) groups is 1. The second-order valence-electron chi connectivity index (χ2n) is 7.17. The third-order valence-corrected chi connectivity index (χ3v) is 5.69. The van der Waals surface area contributed by atoms with Crippen molar-refractivity contribution in [2.24, 2.45) is 5.92 Å². The van der Waals surface area contributed by atoms with Gasteiger partial charge in [0.2, 0.25) is 5.91 Å². The average molecular weight is 454 g/mol. The predicted octanol–water partition coefficient (Wildman–Crippen LogP) is 5.51. The fraction of sp³-hybridized carbons (Fsp3) is 0.450. The molecular weight excluding hydrogens is 433 g/mol. The molecule has 3 nitrogen and oxygen atoms in total. The van der Waals surface area contributed by atoms with Crippen LogP contribution in [0.2, 0.25) is 0 Å². The average Bonchev–Trinajstić information content (AvgIpc) is 2.60. The molecular formula is C20H21Cl2F4NO2. The molecule has 0 radical (unpaired) electrons. The molecule has 2 atom stereocenters. The van der Waals surface area contributed by atoms with E-state index in [1.807, 2.05) is 0 Å². The van der Waals surface area contributed by atoms with Crippen molar-refractivity contribution in [3.05, 3.63) is 57.5 Å². The first kappa shape index (κ1) is 23.7. The van der Waals surface area contributed by atoms with Gasteiger partial charge in [0.25, 0.3) is 0 Å². The highest BCUT2D eigenvalue weighted by Crippen LogP contribution is 2.42. The third-order valence-electron chi connectivity index (χ3n) is 5.02. The van der Waals surface area contributed by atoms with Crippen LogP contribution in [0.5, 0.6) is 0 Å². The van der Waals surface area contributed by atoms with E-state index >= 15 is 0 Å². The van der Waals surface area contributed by atoms with Gasteiger partial charge in [0.05, 0.1) is 17.2 Å². The van der Waals surface area contributed by atoms with Gasteiger partial charge in [-0.25, -0.2) is 4.39 Å². The Labute approximate surface area is 176 Å². The summed E-state index contributed by atoms with van der Waals surface area (Å²) in [6.07, 6.45) is -3.30. The first-order valence-corrected chi connectivity index (χ1v) is 9.66. The molecule has 1 amide bonds. The van der Waals surface area contributed by atoms with Crippen LogP contribution in [-0.2, 0) is 11.2 Å². The molecule has 29 heavy (non-hydrogen) atoms. The van der Waals surface area contributed by atoms with Gasteiger partial charge in [0, 0.05) is 18.0 Å². The van der Waals surface area contributed by atoms with Gasteiger partial charge >= 0.3 is 6.18 Å². The minimum absolute atomic E-state index is 0.0273. The fourth-order valence-corrected chi connectivity index (χ4v) is 3.88. The van der Waals surface area contributed by atoms with Gasteiger partial charge in [-0.05, 0) is 43.9 Å². The number of alkyl halides is 3. The molecule has 9 heteroatoms. The van der Waals surface area contributed by atoms with Gasteiger partial charge in [-0.15, -0.1) is 0 Å². The molecule has 1 N–H and O–H groups in total. The van der Waals surface area contributed by atoms with E-state index in [1.54, 1.807) is 0 Å². The maximum Gasteiger partial charge on any atom is 0.417 e. The van der Waals surface area contributed by atoms with E-state index in [4.69, 9.17) is 23.2 Å². The number of halogens is 6. The van der Waals surface area contributed by atoms with Crippen molar-refractivity contribution in [2.75, 3.05) is 7.05 Å². The summed E-state index contributed by atoms with van der Waals surface area (Å²) in [5.41, 5.74) is -2.31. The molecule has 0 spiro atoms. The van der Waals surface area contributed by atoms with Crippen molar-refractivity contribution in [3.8, 4) is 0 Å². The zero-order chi connectivity index (χ0) is 22.0. The lowest BCUT2D eigenvalue weighted by Gasteiger charge is -2.34. The first-order chi connectivity index (χ1) is 13.3. The summed E-state index contributed by atoms with van der Waals surface area (Å²) in [6, 6.07) is 5.37. The van der Waals surface area contributed by atoms with Crippen LogP contribution in [0.1, 0.15) is 31.7 Å². The van der Waals surface area contributed by atoms with E-state index < -0.39 is 29.4 Å². The molecule has 0 bridgehead atoms. The molecule has 1 aliphatic carbocycles. The molecule has 0 aliphatic heterocycles. The molecule has 0 saturated heterocycles. The Morgan fingerprint density at radius 2 is 1.83 bits per heavy atom. The molecule has 160 valence electrons. The monoisotopic (exact) mass is 453 g/mol. The van der Waals surface area contributed by atoms with Gasteiger partial charge in [-0.2, -0.15) is 13.2 Å². The normalized spacial score (nSPS) is 20.4. The van der Waals surface area contributed by atoms with Crippen LogP contribution in [-0.4, -0.2) is 34.7 Å². The molecule has 2 unspecified atom stereocenters. The van der Waals surface area contributed by atoms with E-state index in [1.165, 1.54) is 36.2 Å². The Balaban J connectivity index is 2.31. The molecule has 2 rings (SSSR count). The quantitative estimate of drug-likeness (QED) is 0.610. The van der Waals surface area contributed by atoms with Gasteiger partial charge in [0.15, 0.2) is 5.60 Å². The summed E-state index contributed by atoms with van der Waals surface area (Å²) in [4.78, 5) is 13.8. The highest BCUT2D eigenvalue weighted by Gasteiger charge is 2.54. The largest absolute Gasteiger partial charge is 0.417 e. The van der Waals surface area contributed by atoms with Crippen molar-refractivity contribution in [1.82, 2.24) is 4.90 Å². The van der Waals surface area contributed by atoms with Crippen molar-refractivity contribution in [2.45, 2.75) is 44.4 Å². The van der Waals surface area contributed by atoms with Gasteiger partial charge < -0.3 is 10.0 Å². The maximum atomic E-state index is 13.3. The lowest BCUT2D eigenvalue weighted by atomic mass is 9.83.